The second-order valence-electron chi connectivity index (χ2n) is 1.27. The highest BCUT2D eigenvalue weighted by molar-refractivity contribution is 7.67. The largest absolute Gasteiger partial charge is 0.162 e. The van der Waals surface area contributed by atoms with Crippen LogP contribution in [0.1, 0.15) is 6.92 Å². The molecule has 0 amide bonds. The lowest BCUT2D eigenvalue weighted by atomic mass is 11.0. The third kappa shape index (κ3) is 0.735. The second-order valence-corrected chi connectivity index (χ2v) is 3.81. The van der Waals surface area contributed by atoms with Crippen molar-refractivity contribution in [3.8, 4) is 0 Å². The van der Waals surface area contributed by atoms with Crippen LogP contribution in [-0.2, 0) is 0 Å². The Balaban J connectivity index is 2.22. The quantitative estimate of drug-likeness (QED) is 0.423. The van der Waals surface area contributed by atoms with Crippen molar-refractivity contribution in [3.63, 3.8) is 0 Å². The van der Waals surface area contributed by atoms with Crippen LogP contribution in [0, 0.1) is 0 Å². The molecule has 0 aromatic heterocycles. The lowest BCUT2D eigenvalue weighted by Crippen LogP contribution is -1.47. The van der Waals surface area contributed by atoms with Crippen LogP contribution in [0.3, 0.4) is 0 Å². The van der Waals surface area contributed by atoms with Crippen LogP contribution in [0.15, 0.2) is 0 Å². The van der Waals surface area contributed by atoms with Crippen molar-refractivity contribution in [3.05, 3.63) is 0 Å². The fourth-order valence-electron chi connectivity index (χ4n) is 0.316. The molecule has 5 heavy (non-hydrogen) atoms. The molecule has 0 aromatic carbocycles. The maximum absolute atomic E-state index is 2.41. The van der Waals surface area contributed by atoms with E-state index >= 15 is 0 Å². The van der Waals surface area contributed by atoms with Gasteiger partial charge in [0.1, 0.15) is 19.5 Å². The molecule has 0 fully saturated rings. The minimum Gasteiger partial charge on any atom is -0.0242 e. The molecule has 0 nitrogen and oxygen atoms in total. The average molecular weight is 87.1 g/mol. The van der Waals surface area contributed by atoms with E-state index in [4.69, 9.17) is 0 Å². The summed E-state index contributed by atoms with van der Waals surface area (Å²) in [6, 6.07) is 0. The van der Waals surface area contributed by atoms with E-state index in [1.807, 2.05) is 0 Å². The van der Waals surface area contributed by atoms with Gasteiger partial charge < -0.3 is 0 Å². The Kier molecular flexibility index (Phi) is 0.740. The smallest absolute Gasteiger partial charge is 0.0242 e. The van der Waals surface area contributed by atoms with Crippen LogP contribution in [0.5, 0.6) is 0 Å². The summed E-state index contributed by atoms with van der Waals surface area (Å²) in [4.78, 5) is 0. The first-order valence-corrected chi connectivity index (χ1v) is 3.79. The minimum absolute atomic E-state index is 0.527. The fourth-order valence-corrected chi connectivity index (χ4v) is 1.29. The first kappa shape index (κ1) is 3.36. The zero-order valence-corrected chi connectivity index (χ0v) is 4.33. The van der Waals surface area contributed by atoms with Gasteiger partial charge in [0.2, 0.25) is 0 Å². The van der Waals surface area contributed by atoms with Crippen molar-refractivity contribution in [2.75, 3.05) is 12.3 Å². The van der Waals surface area contributed by atoms with E-state index in [9.17, 15) is 0 Å². The number of rotatable bonds is 1. The van der Waals surface area contributed by atoms with E-state index < -0.39 is 0 Å². The van der Waals surface area contributed by atoms with Crippen molar-refractivity contribution < 1.29 is 0 Å². The van der Waals surface area contributed by atoms with Gasteiger partial charge in [-0.25, -0.2) is 0 Å². The molecular formula is C4H8P+. The molecule has 0 saturated heterocycles. The van der Waals surface area contributed by atoms with Crippen LogP contribution in [0.25, 0.3) is 0 Å². The van der Waals surface area contributed by atoms with Gasteiger partial charge in [-0.05, 0) is 6.92 Å². The summed E-state index contributed by atoms with van der Waals surface area (Å²) < 4.78 is 0. The Morgan fingerprint density at radius 2 is 2.60 bits per heavy atom. The lowest BCUT2D eigenvalue weighted by Gasteiger charge is -1.53. The monoisotopic (exact) mass is 87.0 g/mol. The summed E-state index contributed by atoms with van der Waals surface area (Å²) in [7, 11) is 0.527. The van der Waals surface area contributed by atoms with Crippen LogP contribution < -0.4 is 0 Å². The Hall–Kier alpha value is 0.170. The highest BCUT2D eigenvalue weighted by Gasteiger charge is 2.17. The number of hydrogen-bond donors (Lipinski definition) is 0. The highest BCUT2D eigenvalue weighted by Crippen LogP contribution is 2.31. The van der Waals surface area contributed by atoms with Crippen molar-refractivity contribution in [2.45, 2.75) is 6.92 Å². The van der Waals surface area contributed by atoms with Crippen molar-refractivity contribution in [1.82, 2.24) is 0 Å². The van der Waals surface area contributed by atoms with Gasteiger partial charge in [0, 0.05) is 0 Å². The number of hydrogen-bond acceptors (Lipinski definition) is 0. The molecule has 1 rings (SSSR count). The molecule has 0 bridgehead atoms. The second kappa shape index (κ2) is 1.10. The van der Waals surface area contributed by atoms with Gasteiger partial charge in [-0.15, -0.1) is 0 Å². The molecule has 0 saturated carbocycles. The van der Waals surface area contributed by atoms with Gasteiger partial charge in [-0.2, -0.15) is 0 Å². The normalized spacial score (nSPS) is 25.4. The molecule has 0 N–H and O–H groups in total. The van der Waals surface area contributed by atoms with E-state index in [2.05, 4.69) is 12.7 Å². The molecule has 0 aliphatic carbocycles. The van der Waals surface area contributed by atoms with Gasteiger partial charge >= 0.3 is 0 Å². The van der Waals surface area contributed by atoms with Gasteiger partial charge in [0.15, 0.2) is 6.16 Å². The SMILES string of the molecule is CC[P+]1=CC1. The molecule has 0 spiro atoms. The van der Waals surface area contributed by atoms with E-state index in [1.54, 1.807) is 0 Å². The maximum atomic E-state index is 2.41. The Labute approximate surface area is 33.6 Å². The third-order valence-corrected chi connectivity index (χ3v) is 2.54. The Morgan fingerprint density at radius 3 is 2.60 bits per heavy atom. The molecule has 0 aromatic rings. The van der Waals surface area contributed by atoms with Crippen LogP contribution in [-0.4, -0.2) is 18.1 Å². The Morgan fingerprint density at radius 1 is 2.00 bits per heavy atom. The Bertz CT molecular complexity index is 64.0. The van der Waals surface area contributed by atoms with Crippen LogP contribution in [0.4, 0.5) is 0 Å². The maximum Gasteiger partial charge on any atom is 0.162 e. The fraction of sp³-hybridized carbons (Fsp3) is 0.750. The molecular weight excluding hydrogens is 79.0 g/mol. The van der Waals surface area contributed by atoms with Gasteiger partial charge in [0.05, 0.1) is 0 Å². The molecule has 1 aliphatic rings. The summed E-state index contributed by atoms with van der Waals surface area (Å²) in [5.74, 6) is 2.41. The van der Waals surface area contributed by atoms with E-state index in [0.29, 0.717) is 7.55 Å². The van der Waals surface area contributed by atoms with Crippen molar-refractivity contribution in [2.24, 2.45) is 0 Å². The topological polar surface area (TPSA) is 0 Å². The van der Waals surface area contributed by atoms with Crippen LogP contribution >= 0.6 is 7.55 Å². The molecule has 0 radical (unpaired) electrons. The predicted molar refractivity (Wildman–Crippen MR) is 28.4 cm³/mol. The summed E-state index contributed by atoms with van der Waals surface area (Å²) in [6.07, 6.45) is 2.88. The van der Waals surface area contributed by atoms with Crippen molar-refractivity contribution >= 4 is 13.3 Å². The summed E-state index contributed by atoms with van der Waals surface area (Å²) in [5, 5.41) is 0. The van der Waals surface area contributed by atoms with E-state index in [-0.39, 0.29) is 0 Å². The average Bonchev–Trinajstić information content (AvgIpc) is 2.12. The predicted octanol–water partition coefficient (Wildman–Crippen LogP) is 1.30. The third-order valence-electron chi connectivity index (χ3n) is 0.847. The zero-order chi connectivity index (χ0) is 3.70. The van der Waals surface area contributed by atoms with Crippen LogP contribution in [0.2, 0.25) is 0 Å². The van der Waals surface area contributed by atoms with Gasteiger partial charge in [0.25, 0.3) is 0 Å². The zero-order valence-electron chi connectivity index (χ0n) is 3.44. The molecule has 28 valence electrons. The lowest BCUT2D eigenvalue weighted by molar-refractivity contribution is 1.52. The molecule has 1 heterocycles. The van der Waals surface area contributed by atoms with E-state index in [1.165, 1.54) is 12.3 Å². The summed E-state index contributed by atoms with van der Waals surface area (Å²) in [5.41, 5.74) is 0. The van der Waals surface area contributed by atoms with Gasteiger partial charge in [-0.3, -0.25) is 0 Å². The molecule has 1 atom stereocenters. The highest BCUT2D eigenvalue weighted by atomic mass is 31.1. The standard InChI is InChI=1S/C4H8P/c1-2-5-3-4-5/h3H,2,4H2,1H3/q+1. The minimum atomic E-state index is 0.527. The molecule has 1 heteroatoms. The molecule has 1 unspecified atom stereocenters. The first-order valence-electron chi connectivity index (χ1n) is 2.01. The summed E-state index contributed by atoms with van der Waals surface area (Å²) >= 11 is 0. The summed E-state index contributed by atoms with van der Waals surface area (Å²) in [6.45, 7) is 2.26. The van der Waals surface area contributed by atoms with Crippen molar-refractivity contribution in [1.29, 1.82) is 0 Å². The van der Waals surface area contributed by atoms with E-state index in [0.717, 1.165) is 0 Å². The van der Waals surface area contributed by atoms with Gasteiger partial charge in [-0.1, -0.05) is 0 Å². The molecule has 1 aliphatic heterocycles. The first-order chi connectivity index (χ1) is 2.43.